The number of aromatic nitrogens is 2. The third-order valence-electron chi connectivity index (χ3n) is 3.00. The highest BCUT2D eigenvalue weighted by atomic mass is 32.2. The molecule has 1 aliphatic heterocycles. The second-order valence-electron chi connectivity index (χ2n) is 4.02. The molecule has 1 fully saturated rings. The fraction of sp³-hybridized carbons (Fsp3) is 0.250. The van der Waals surface area contributed by atoms with Gasteiger partial charge in [-0.1, -0.05) is 24.3 Å². The van der Waals surface area contributed by atoms with Crippen LogP contribution >= 0.6 is 11.8 Å². The topological polar surface area (TPSA) is 54.7 Å². The van der Waals surface area contributed by atoms with Crippen molar-refractivity contribution in [3.63, 3.8) is 0 Å². The van der Waals surface area contributed by atoms with Crippen molar-refractivity contribution in [3.8, 4) is 11.1 Å². The number of nitrogen functional groups attached to an aromatic ring is 1. The van der Waals surface area contributed by atoms with Gasteiger partial charge in [-0.25, -0.2) is 0 Å². The van der Waals surface area contributed by atoms with Crippen LogP contribution < -0.4 is 5.73 Å². The molecule has 2 heterocycles. The van der Waals surface area contributed by atoms with Crippen molar-refractivity contribution in [2.75, 3.05) is 17.2 Å². The minimum absolute atomic E-state index is 0.652. The number of hydrogen-bond acceptors (Lipinski definition) is 3. The molecule has 0 bridgehead atoms. The number of thioether (sulfide) groups is 1. The second kappa shape index (κ2) is 3.87. The van der Waals surface area contributed by atoms with Gasteiger partial charge in [0.05, 0.1) is 6.20 Å². The van der Waals surface area contributed by atoms with Crippen LogP contribution in [0.1, 0.15) is 11.5 Å². The van der Waals surface area contributed by atoms with E-state index in [0.29, 0.717) is 11.7 Å². The van der Waals surface area contributed by atoms with Crippen LogP contribution in [-0.4, -0.2) is 21.7 Å². The van der Waals surface area contributed by atoms with Crippen molar-refractivity contribution >= 4 is 17.6 Å². The maximum absolute atomic E-state index is 5.88. The molecule has 2 aromatic rings. The monoisotopic (exact) mass is 231 g/mol. The third kappa shape index (κ3) is 1.50. The molecule has 0 atom stereocenters. The van der Waals surface area contributed by atoms with E-state index in [1.54, 1.807) is 6.20 Å². The van der Waals surface area contributed by atoms with E-state index < -0.39 is 0 Å². The van der Waals surface area contributed by atoms with Gasteiger partial charge in [0.15, 0.2) is 0 Å². The zero-order valence-electron chi connectivity index (χ0n) is 8.81. The second-order valence-corrected chi connectivity index (χ2v) is 5.09. The Morgan fingerprint density at radius 1 is 1.25 bits per heavy atom. The summed E-state index contributed by atoms with van der Waals surface area (Å²) in [4.78, 5) is 0. The summed E-state index contributed by atoms with van der Waals surface area (Å²) in [6, 6.07) is 8.47. The van der Waals surface area contributed by atoms with Crippen LogP contribution in [-0.2, 0) is 0 Å². The summed E-state index contributed by atoms with van der Waals surface area (Å²) in [5.41, 5.74) is 9.52. The number of benzene rings is 1. The number of aromatic amines is 1. The van der Waals surface area contributed by atoms with Gasteiger partial charge in [0.2, 0.25) is 0 Å². The first-order valence-electron chi connectivity index (χ1n) is 5.32. The van der Waals surface area contributed by atoms with Gasteiger partial charge in [0.1, 0.15) is 5.82 Å². The number of hydrogen-bond donors (Lipinski definition) is 2. The Hall–Kier alpha value is -1.42. The molecule has 1 aromatic carbocycles. The summed E-state index contributed by atoms with van der Waals surface area (Å²) in [6.07, 6.45) is 1.81. The SMILES string of the molecule is Nc1[nH]ncc1-c1ccccc1C1CSC1. The summed E-state index contributed by atoms with van der Waals surface area (Å²) in [6.45, 7) is 0. The molecular weight excluding hydrogens is 218 g/mol. The molecule has 1 saturated heterocycles. The van der Waals surface area contributed by atoms with E-state index in [2.05, 4.69) is 34.5 Å². The summed E-state index contributed by atoms with van der Waals surface area (Å²) in [7, 11) is 0. The van der Waals surface area contributed by atoms with Gasteiger partial charge < -0.3 is 5.73 Å². The molecule has 0 unspecified atom stereocenters. The predicted molar refractivity (Wildman–Crippen MR) is 68.5 cm³/mol. The Morgan fingerprint density at radius 3 is 2.69 bits per heavy atom. The first-order valence-corrected chi connectivity index (χ1v) is 6.47. The van der Waals surface area contributed by atoms with Gasteiger partial charge >= 0.3 is 0 Å². The molecule has 0 saturated carbocycles. The zero-order valence-corrected chi connectivity index (χ0v) is 9.63. The summed E-state index contributed by atoms with van der Waals surface area (Å²) < 4.78 is 0. The Bertz CT molecular complexity index is 502. The van der Waals surface area contributed by atoms with E-state index in [4.69, 9.17) is 5.73 Å². The van der Waals surface area contributed by atoms with Gasteiger partial charge in [-0.15, -0.1) is 0 Å². The molecule has 3 N–H and O–H groups in total. The molecular formula is C12H13N3S. The highest BCUT2D eigenvalue weighted by Gasteiger charge is 2.23. The number of anilines is 1. The fourth-order valence-corrected chi connectivity index (χ4v) is 2.85. The molecule has 16 heavy (non-hydrogen) atoms. The summed E-state index contributed by atoms with van der Waals surface area (Å²) >= 11 is 2.00. The predicted octanol–water partition coefficient (Wildman–Crippen LogP) is 2.49. The molecule has 0 amide bonds. The number of rotatable bonds is 2. The van der Waals surface area contributed by atoms with Crippen molar-refractivity contribution in [1.82, 2.24) is 10.2 Å². The van der Waals surface area contributed by atoms with E-state index in [1.807, 2.05) is 11.8 Å². The molecule has 0 radical (unpaired) electrons. The van der Waals surface area contributed by atoms with E-state index in [0.717, 1.165) is 5.56 Å². The molecule has 1 aromatic heterocycles. The number of nitrogens with zero attached hydrogens (tertiary/aromatic N) is 1. The fourth-order valence-electron chi connectivity index (χ4n) is 2.02. The first kappa shape index (κ1) is 9.78. The van der Waals surface area contributed by atoms with Gasteiger partial charge in [-0.2, -0.15) is 16.9 Å². The van der Waals surface area contributed by atoms with Gasteiger partial charge in [0, 0.05) is 23.0 Å². The van der Waals surface area contributed by atoms with E-state index >= 15 is 0 Å². The average molecular weight is 231 g/mol. The van der Waals surface area contributed by atoms with E-state index in [1.165, 1.54) is 22.6 Å². The minimum atomic E-state index is 0.652. The van der Waals surface area contributed by atoms with E-state index in [9.17, 15) is 0 Å². The van der Waals surface area contributed by atoms with Crippen LogP contribution in [0.25, 0.3) is 11.1 Å². The Kier molecular flexibility index (Phi) is 2.36. The lowest BCUT2D eigenvalue weighted by Gasteiger charge is -2.27. The van der Waals surface area contributed by atoms with Crippen LogP contribution in [0.3, 0.4) is 0 Å². The molecule has 0 aliphatic carbocycles. The van der Waals surface area contributed by atoms with Crippen LogP contribution in [0.4, 0.5) is 5.82 Å². The van der Waals surface area contributed by atoms with Gasteiger partial charge in [-0.3, -0.25) is 5.10 Å². The van der Waals surface area contributed by atoms with Crippen LogP contribution in [0, 0.1) is 0 Å². The lowest BCUT2D eigenvalue weighted by molar-refractivity contribution is 0.852. The lowest BCUT2D eigenvalue weighted by Crippen LogP contribution is -2.16. The van der Waals surface area contributed by atoms with Crippen molar-refractivity contribution < 1.29 is 0 Å². The van der Waals surface area contributed by atoms with Crippen molar-refractivity contribution in [2.24, 2.45) is 0 Å². The zero-order chi connectivity index (χ0) is 11.0. The van der Waals surface area contributed by atoms with Crippen LogP contribution in [0.15, 0.2) is 30.5 Å². The third-order valence-corrected chi connectivity index (χ3v) is 4.27. The molecule has 3 nitrogen and oxygen atoms in total. The Balaban J connectivity index is 2.09. The summed E-state index contributed by atoms with van der Waals surface area (Å²) in [5.74, 6) is 3.76. The molecule has 4 heteroatoms. The van der Waals surface area contributed by atoms with Crippen LogP contribution in [0.5, 0.6) is 0 Å². The first-order chi connectivity index (χ1) is 7.86. The van der Waals surface area contributed by atoms with E-state index in [-0.39, 0.29) is 0 Å². The average Bonchev–Trinajstić information content (AvgIpc) is 2.63. The highest BCUT2D eigenvalue weighted by molar-refractivity contribution is 8.00. The van der Waals surface area contributed by atoms with Crippen molar-refractivity contribution in [2.45, 2.75) is 5.92 Å². The van der Waals surface area contributed by atoms with Crippen molar-refractivity contribution in [3.05, 3.63) is 36.0 Å². The highest BCUT2D eigenvalue weighted by Crippen LogP contribution is 2.39. The maximum atomic E-state index is 5.88. The molecule has 1 aliphatic rings. The Labute approximate surface area is 98.4 Å². The largest absolute Gasteiger partial charge is 0.384 e. The normalized spacial score (nSPS) is 16.0. The number of H-pyrrole nitrogens is 1. The number of nitrogens with two attached hydrogens (primary N) is 1. The number of nitrogens with one attached hydrogen (secondary N) is 1. The van der Waals surface area contributed by atoms with Gasteiger partial charge in [-0.05, 0) is 11.1 Å². The molecule has 0 spiro atoms. The summed E-state index contributed by atoms with van der Waals surface area (Å²) in [5, 5.41) is 6.78. The quantitative estimate of drug-likeness (QED) is 0.835. The van der Waals surface area contributed by atoms with Crippen molar-refractivity contribution in [1.29, 1.82) is 0 Å². The minimum Gasteiger partial charge on any atom is -0.384 e. The Morgan fingerprint density at radius 2 is 2.06 bits per heavy atom. The van der Waals surface area contributed by atoms with Gasteiger partial charge in [0.25, 0.3) is 0 Å². The lowest BCUT2D eigenvalue weighted by atomic mass is 9.93. The molecule has 82 valence electrons. The standard InChI is InChI=1S/C12H13N3S/c13-12-11(5-14-15-12)10-4-2-1-3-9(10)8-6-16-7-8/h1-5,8H,6-7H2,(H3,13,14,15). The maximum Gasteiger partial charge on any atom is 0.126 e. The van der Waals surface area contributed by atoms with Crippen LogP contribution in [0.2, 0.25) is 0 Å². The smallest absolute Gasteiger partial charge is 0.126 e. The molecule has 3 rings (SSSR count).